The average molecular weight is 252 g/mol. The summed E-state index contributed by atoms with van der Waals surface area (Å²) in [6.45, 7) is 8.18. The first-order valence-electron chi connectivity index (χ1n) is 7.03. The van der Waals surface area contributed by atoms with Crippen molar-refractivity contribution in [3.05, 3.63) is 11.7 Å². The van der Waals surface area contributed by atoms with Gasteiger partial charge in [0.25, 0.3) is 0 Å². The van der Waals surface area contributed by atoms with Crippen LogP contribution < -0.4 is 5.32 Å². The summed E-state index contributed by atoms with van der Waals surface area (Å²) in [6, 6.07) is 0.623. The van der Waals surface area contributed by atoms with E-state index in [0.717, 1.165) is 38.4 Å². The molecule has 2 heterocycles. The van der Waals surface area contributed by atoms with Gasteiger partial charge in [-0.15, -0.1) is 0 Å². The van der Waals surface area contributed by atoms with Crippen molar-refractivity contribution in [2.24, 2.45) is 0 Å². The molecule has 0 radical (unpaired) electrons. The quantitative estimate of drug-likeness (QED) is 0.835. The van der Waals surface area contributed by atoms with E-state index < -0.39 is 0 Å². The lowest BCUT2D eigenvalue weighted by Gasteiger charge is -2.29. The number of nitrogens with one attached hydrogen (secondary N) is 1. The largest absolute Gasteiger partial charge is 0.340 e. The summed E-state index contributed by atoms with van der Waals surface area (Å²) >= 11 is 0. The number of hydrogen-bond donors (Lipinski definition) is 1. The van der Waals surface area contributed by atoms with Gasteiger partial charge >= 0.3 is 0 Å². The Balaban J connectivity index is 1.86. The zero-order chi connectivity index (χ0) is 12.8. The molecule has 0 bridgehead atoms. The molecule has 1 atom stereocenters. The van der Waals surface area contributed by atoms with Crippen LogP contribution in [0.3, 0.4) is 0 Å². The fourth-order valence-electron chi connectivity index (χ4n) is 2.55. The molecule has 0 amide bonds. The number of rotatable bonds is 6. The van der Waals surface area contributed by atoms with Crippen LogP contribution in [0.4, 0.5) is 0 Å². The minimum atomic E-state index is 0.623. The lowest BCUT2D eigenvalue weighted by Crippen LogP contribution is -2.43. The number of hydrogen-bond acceptors (Lipinski definition) is 5. The van der Waals surface area contributed by atoms with Gasteiger partial charge in [-0.2, -0.15) is 4.98 Å². The first-order chi connectivity index (χ1) is 8.78. The van der Waals surface area contributed by atoms with Crippen molar-refractivity contribution in [1.29, 1.82) is 0 Å². The van der Waals surface area contributed by atoms with Gasteiger partial charge in [-0.3, -0.25) is 4.90 Å². The molecular weight excluding hydrogens is 228 g/mol. The first-order valence-corrected chi connectivity index (χ1v) is 7.03. The fourth-order valence-corrected chi connectivity index (χ4v) is 2.55. The predicted molar refractivity (Wildman–Crippen MR) is 70.2 cm³/mol. The first kappa shape index (κ1) is 13.5. The highest BCUT2D eigenvalue weighted by atomic mass is 16.5. The van der Waals surface area contributed by atoms with E-state index in [2.05, 4.69) is 27.3 Å². The molecule has 1 saturated heterocycles. The van der Waals surface area contributed by atoms with Crippen molar-refractivity contribution in [1.82, 2.24) is 20.4 Å². The molecule has 0 aliphatic carbocycles. The Morgan fingerprint density at radius 3 is 2.94 bits per heavy atom. The van der Waals surface area contributed by atoms with Gasteiger partial charge in [-0.05, 0) is 32.4 Å². The van der Waals surface area contributed by atoms with Crippen LogP contribution in [0, 0.1) is 6.92 Å². The maximum absolute atomic E-state index is 5.03. The molecule has 5 nitrogen and oxygen atoms in total. The van der Waals surface area contributed by atoms with Crippen LogP contribution in [0.15, 0.2) is 4.52 Å². The third kappa shape index (κ3) is 4.07. The van der Waals surface area contributed by atoms with Crippen LogP contribution in [0.25, 0.3) is 0 Å². The lowest BCUT2D eigenvalue weighted by molar-refractivity contribution is 0.210. The van der Waals surface area contributed by atoms with E-state index in [1.807, 2.05) is 6.92 Å². The van der Waals surface area contributed by atoms with Gasteiger partial charge in [-0.25, -0.2) is 0 Å². The highest BCUT2D eigenvalue weighted by Crippen LogP contribution is 2.10. The van der Waals surface area contributed by atoms with Gasteiger partial charge in [0.1, 0.15) is 0 Å². The Kier molecular flexibility index (Phi) is 5.13. The van der Waals surface area contributed by atoms with Crippen LogP contribution in [0.1, 0.15) is 44.3 Å². The molecule has 1 aromatic rings. The Hall–Kier alpha value is -0.940. The van der Waals surface area contributed by atoms with Crippen LogP contribution in [-0.2, 0) is 6.54 Å². The van der Waals surface area contributed by atoms with Gasteiger partial charge < -0.3 is 9.84 Å². The molecule has 1 aliphatic rings. The van der Waals surface area contributed by atoms with Crippen molar-refractivity contribution in [3.8, 4) is 0 Å². The monoisotopic (exact) mass is 252 g/mol. The third-order valence-corrected chi connectivity index (χ3v) is 3.37. The summed E-state index contributed by atoms with van der Waals surface area (Å²) in [7, 11) is 0. The second-order valence-electron chi connectivity index (χ2n) is 5.11. The van der Waals surface area contributed by atoms with Crippen LogP contribution >= 0.6 is 0 Å². The highest BCUT2D eigenvalue weighted by Gasteiger charge is 2.17. The van der Waals surface area contributed by atoms with E-state index in [-0.39, 0.29) is 0 Å². The Morgan fingerprint density at radius 1 is 1.44 bits per heavy atom. The van der Waals surface area contributed by atoms with Crippen molar-refractivity contribution < 1.29 is 4.52 Å². The Morgan fingerprint density at radius 2 is 2.33 bits per heavy atom. The summed E-state index contributed by atoms with van der Waals surface area (Å²) in [4.78, 5) is 6.71. The van der Waals surface area contributed by atoms with E-state index >= 15 is 0 Å². The Bertz CT molecular complexity index is 347. The smallest absolute Gasteiger partial charge is 0.223 e. The topological polar surface area (TPSA) is 54.2 Å². The molecule has 102 valence electrons. The zero-order valence-corrected chi connectivity index (χ0v) is 11.5. The summed E-state index contributed by atoms with van der Waals surface area (Å²) in [5, 5.41) is 7.58. The third-order valence-electron chi connectivity index (χ3n) is 3.37. The molecular formula is C13H24N4O. The highest BCUT2D eigenvalue weighted by molar-refractivity contribution is 4.85. The van der Waals surface area contributed by atoms with Gasteiger partial charge in [0.15, 0.2) is 5.82 Å². The second-order valence-corrected chi connectivity index (χ2v) is 5.11. The maximum atomic E-state index is 5.03. The number of piperidine rings is 1. The fraction of sp³-hybridized carbons (Fsp3) is 0.846. The maximum Gasteiger partial charge on any atom is 0.223 e. The minimum absolute atomic E-state index is 0.623. The van der Waals surface area contributed by atoms with Crippen LogP contribution in [-0.4, -0.2) is 40.7 Å². The number of nitrogens with zero attached hydrogens (tertiary/aromatic N) is 3. The zero-order valence-electron chi connectivity index (χ0n) is 11.5. The van der Waals surface area contributed by atoms with Crippen LogP contribution in [0.5, 0.6) is 0 Å². The normalized spacial score (nSPS) is 20.5. The lowest BCUT2D eigenvalue weighted by atomic mass is 10.0. The molecule has 1 aromatic heterocycles. The van der Waals surface area contributed by atoms with E-state index in [1.54, 1.807) is 0 Å². The van der Waals surface area contributed by atoms with E-state index in [1.165, 1.54) is 19.3 Å². The molecule has 1 N–H and O–H groups in total. The molecule has 2 rings (SSSR count). The average Bonchev–Trinajstić information content (AvgIpc) is 2.76. The van der Waals surface area contributed by atoms with Crippen LogP contribution in [0.2, 0.25) is 0 Å². The summed E-state index contributed by atoms with van der Waals surface area (Å²) in [5.41, 5.74) is 0. The predicted octanol–water partition coefficient (Wildman–Crippen LogP) is 1.73. The summed E-state index contributed by atoms with van der Waals surface area (Å²) in [5.74, 6) is 1.45. The van der Waals surface area contributed by atoms with Crippen molar-refractivity contribution in [2.45, 2.75) is 52.1 Å². The molecule has 18 heavy (non-hydrogen) atoms. The molecule has 0 saturated carbocycles. The van der Waals surface area contributed by atoms with Gasteiger partial charge in [-0.1, -0.05) is 18.5 Å². The van der Waals surface area contributed by atoms with Crippen molar-refractivity contribution in [3.63, 3.8) is 0 Å². The van der Waals surface area contributed by atoms with E-state index in [9.17, 15) is 0 Å². The molecule has 0 spiro atoms. The Labute approximate surface area is 109 Å². The number of aromatic nitrogens is 2. The van der Waals surface area contributed by atoms with Gasteiger partial charge in [0.2, 0.25) is 5.89 Å². The molecule has 1 fully saturated rings. The summed E-state index contributed by atoms with van der Waals surface area (Å²) < 4.78 is 5.03. The number of aryl methyl sites for hydroxylation is 1. The molecule has 1 unspecified atom stereocenters. The van der Waals surface area contributed by atoms with Gasteiger partial charge in [0.05, 0.1) is 6.54 Å². The van der Waals surface area contributed by atoms with E-state index in [4.69, 9.17) is 4.52 Å². The van der Waals surface area contributed by atoms with Crippen molar-refractivity contribution in [2.75, 3.05) is 19.6 Å². The second kappa shape index (κ2) is 6.85. The van der Waals surface area contributed by atoms with Crippen molar-refractivity contribution >= 4 is 0 Å². The molecule has 0 aromatic carbocycles. The van der Waals surface area contributed by atoms with E-state index in [0.29, 0.717) is 11.9 Å². The molecule has 1 aliphatic heterocycles. The standard InChI is InChI=1S/C13H24N4O/c1-3-8-17(9-12-6-4-5-7-14-12)10-13-15-11(2)18-16-13/h12,14H,3-10H2,1-2H3. The minimum Gasteiger partial charge on any atom is -0.340 e. The summed E-state index contributed by atoms with van der Waals surface area (Å²) in [6.07, 6.45) is 5.10. The van der Waals surface area contributed by atoms with Gasteiger partial charge in [0, 0.05) is 19.5 Å². The SMILES string of the molecule is CCCN(Cc1noc(C)n1)CC1CCCCN1. The molecule has 5 heteroatoms.